The quantitative estimate of drug-likeness (QED) is 0.814. The van der Waals surface area contributed by atoms with Crippen molar-refractivity contribution in [3.8, 4) is 0 Å². The first-order valence-corrected chi connectivity index (χ1v) is 6.05. The van der Waals surface area contributed by atoms with Crippen LogP contribution < -0.4 is 5.32 Å². The van der Waals surface area contributed by atoms with Gasteiger partial charge in [-0.25, -0.2) is 0 Å². The minimum absolute atomic E-state index is 0.695. The highest BCUT2D eigenvalue weighted by Gasteiger charge is 2.26. The Balaban J connectivity index is 1.58. The lowest BCUT2D eigenvalue weighted by atomic mass is 10.2. The molecule has 0 radical (unpaired) electrons. The third-order valence-electron chi connectivity index (χ3n) is 3.49. The summed E-state index contributed by atoms with van der Waals surface area (Å²) in [4.78, 5) is 0. The first-order valence-electron chi connectivity index (χ1n) is 6.05. The van der Waals surface area contributed by atoms with Crippen molar-refractivity contribution in [1.82, 2.24) is 20.1 Å². The molecular formula is C11H18N4. The van der Waals surface area contributed by atoms with Crippen LogP contribution in [0.4, 0.5) is 0 Å². The lowest BCUT2D eigenvalue weighted by Gasteiger charge is -2.11. The Kier molecular flexibility index (Phi) is 2.44. The number of hydrogen-bond acceptors (Lipinski definition) is 3. The molecule has 2 saturated carbocycles. The van der Waals surface area contributed by atoms with E-state index < -0.39 is 0 Å². The first-order chi connectivity index (χ1) is 7.43. The molecule has 0 unspecified atom stereocenters. The highest BCUT2D eigenvalue weighted by Crippen LogP contribution is 2.35. The van der Waals surface area contributed by atoms with Gasteiger partial charge in [-0.15, -0.1) is 10.2 Å². The molecule has 0 bridgehead atoms. The minimum atomic E-state index is 0.695. The maximum absolute atomic E-state index is 4.19. The minimum Gasteiger partial charge on any atom is -0.313 e. The highest BCUT2D eigenvalue weighted by molar-refractivity contribution is 4.95. The van der Waals surface area contributed by atoms with E-state index in [-0.39, 0.29) is 0 Å². The summed E-state index contributed by atoms with van der Waals surface area (Å²) in [5.74, 6) is 1.12. The van der Waals surface area contributed by atoms with Crippen molar-refractivity contribution in [2.45, 2.75) is 57.2 Å². The number of hydrogen-bond donors (Lipinski definition) is 1. The van der Waals surface area contributed by atoms with Crippen molar-refractivity contribution in [2.75, 3.05) is 0 Å². The molecule has 0 atom stereocenters. The van der Waals surface area contributed by atoms with E-state index >= 15 is 0 Å². The molecule has 2 fully saturated rings. The van der Waals surface area contributed by atoms with Crippen LogP contribution in [0.5, 0.6) is 0 Å². The molecule has 2 aliphatic carbocycles. The molecule has 2 aliphatic rings. The molecule has 1 heterocycles. The predicted octanol–water partition coefficient (Wildman–Crippen LogP) is 1.65. The van der Waals surface area contributed by atoms with Crippen LogP contribution in [0.3, 0.4) is 0 Å². The zero-order chi connectivity index (χ0) is 10.1. The molecule has 1 N–H and O–H groups in total. The van der Waals surface area contributed by atoms with Gasteiger partial charge in [0, 0.05) is 12.1 Å². The fourth-order valence-electron chi connectivity index (χ4n) is 2.42. The second kappa shape index (κ2) is 3.93. The van der Waals surface area contributed by atoms with Gasteiger partial charge in [-0.3, -0.25) is 0 Å². The van der Waals surface area contributed by atoms with E-state index in [1.165, 1.54) is 38.5 Å². The zero-order valence-electron chi connectivity index (χ0n) is 9.02. The Labute approximate surface area is 90.1 Å². The zero-order valence-corrected chi connectivity index (χ0v) is 9.02. The van der Waals surface area contributed by atoms with Gasteiger partial charge in [0.1, 0.15) is 12.2 Å². The third-order valence-corrected chi connectivity index (χ3v) is 3.49. The molecule has 0 spiro atoms. The van der Waals surface area contributed by atoms with Crippen molar-refractivity contribution >= 4 is 0 Å². The van der Waals surface area contributed by atoms with Crippen molar-refractivity contribution in [1.29, 1.82) is 0 Å². The van der Waals surface area contributed by atoms with Gasteiger partial charge in [0.25, 0.3) is 0 Å². The smallest absolute Gasteiger partial charge is 0.147 e. The monoisotopic (exact) mass is 206 g/mol. The third kappa shape index (κ3) is 2.04. The molecule has 4 heteroatoms. The summed E-state index contributed by atoms with van der Waals surface area (Å²) in [6.45, 7) is 0.890. The standard InChI is InChI=1S/C11H18N4/c1-2-4-9(3-1)12-7-11-14-13-8-15(11)10-5-6-10/h8-10,12H,1-7H2. The molecule has 15 heavy (non-hydrogen) atoms. The summed E-state index contributed by atoms with van der Waals surface area (Å²) < 4.78 is 2.24. The lowest BCUT2D eigenvalue weighted by molar-refractivity contribution is 0.500. The molecule has 1 aromatic rings. The van der Waals surface area contributed by atoms with Gasteiger partial charge in [-0.05, 0) is 25.7 Å². The van der Waals surface area contributed by atoms with Gasteiger partial charge in [0.05, 0.1) is 6.54 Å². The van der Waals surface area contributed by atoms with Crippen LogP contribution in [0.15, 0.2) is 6.33 Å². The topological polar surface area (TPSA) is 42.7 Å². The van der Waals surface area contributed by atoms with Crippen molar-refractivity contribution < 1.29 is 0 Å². The van der Waals surface area contributed by atoms with E-state index in [2.05, 4.69) is 20.1 Å². The van der Waals surface area contributed by atoms with Gasteiger partial charge >= 0.3 is 0 Å². The van der Waals surface area contributed by atoms with E-state index in [4.69, 9.17) is 0 Å². The first kappa shape index (κ1) is 9.33. The van der Waals surface area contributed by atoms with E-state index in [0.717, 1.165) is 12.4 Å². The molecule has 1 aromatic heterocycles. The molecule has 4 nitrogen and oxygen atoms in total. The fraction of sp³-hybridized carbons (Fsp3) is 0.818. The average Bonchev–Trinajstić information content (AvgIpc) is 2.81. The molecule has 0 aliphatic heterocycles. The second-order valence-corrected chi connectivity index (χ2v) is 4.75. The molecular weight excluding hydrogens is 188 g/mol. The Bertz CT molecular complexity index is 323. The van der Waals surface area contributed by atoms with E-state index in [9.17, 15) is 0 Å². The van der Waals surface area contributed by atoms with Crippen LogP contribution in [-0.2, 0) is 6.54 Å². The molecule has 0 amide bonds. The average molecular weight is 206 g/mol. The maximum atomic E-state index is 4.19. The van der Waals surface area contributed by atoms with Crippen LogP contribution >= 0.6 is 0 Å². The Morgan fingerprint density at radius 2 is 2.07 bits per heavy atom. The summed E-state index contributed by atoms with van der Waals surface area (Å²) in [7, 11) is 0. The van der Waals surface area contributed by atoms with Gasteiger partial charge in [0.2, 0.25) is 0 Å². The van der Waals surface area contributed by atoms with Gasteiger partial charge in [-0.2, -0.15) is 0 Å². The second-order valence-electron chi connectivity index (χ2n) is 4.75. The van der Waals surface area contributed by atoms with Crippen LogP contribution in [0, 0.1) is 0 Å². The van der Waals surface area contributed by atoms with Crippen molar-refractivity contribution in [2.24, 2.45) is 0 Å². The van der Waals surface area contributed by atoms with Crippen LogP contribution in [-0.4, -0.2) is 20.8 Å². The van der Waals surface area contributed by atoms with Gasteiger partial charge in [-0.1, -0.05) is 12.8 Å². The summed E-state index contributed by atoms with van der Waals surface area (Å²) >= 11 is 0. The highest BCUT2D eigenvalue weighted by atomic mass is 15.3. The summed E-state index contributed by atoms with van der Waals surface area (Å²) in [5.41, 5.74) is 0. The summed E-state index contributed by atoms with van der Waals surface area (Å²) in [6, 6.07) is 1.41. The lowest BCUT2D eigenvalue weighted by Crippen LogP contribution is -2.26. The SMILES string of the molecule is c1nnc(CNC2CCCC2)n1C1CC1. The van der Waals surface area contributed by atoms with Crippen LogP contribution in [0.1, 0.15) is 50.4 Å². The Morgan fingerprint density at radius 1 is 1.27 bits per heavy atom. The van der Waals surface area contributed by atoms with Gasteiger partial charge in [0.15, 0.2) is 0 Å². The largest absolute Gasteiger partial charge is 0.313 e. The van der Waals surface area contributed by atoms with Crippen LogP contribution in [0.25, 0.3) is 0 Å². The van der Waals surface area contributed by atoms with E-state index in [1.807, 2.05) is 6.33 Å². The fourth-order valence-corrected chi connectivity index (χ4v) is 2.42. The number of nitrogens with zero attached hydrogens (tertiary/aromatic N) is 3. The number of nitrogens with one attached hydrogen (secondary N) is 1. The predicted molar refractivity (Wildman–Crippen MR) is 57.4 cm³/mol. The molecule has 3 rings (SSSR count). The Hall–Kier alpha value is -0.900. The molecule has 0 aromatic carbocycles. The molecule has 0 saturated heterocycles. The number of aromatic nitrogens is 3. The van der Waals surface area contributed by atoms with E-state index in [0.29, 0.717) is 12.1 Å². The Morgan fingerprint density at radius 3 is 2.80 bits per heavy atom. The molecule has 82 valence electrons. The number of rotatable bonds is 4. The van der Waals surface area contributed by atoms with Crippen molar-refractivity contribution in [3.05, 3.63) is 12.2 Å². The summed E-state index contributed by atoms with van der Waals surface area (Å²) in [6.07, 6.45) is 9.90. The van der Waals surface area contributed by atoms with Crippen molar-refractivity contribution in [3.63, 3.8) is 0 Å². The van der Waals surface area contributed by atoms with Crippen LogP contribution in [0.2, 0.25) is 0 Å². The normalized spacial score (nSPS) is 22.4. The van der Waals surface area contributed by atoms with E-state index in [1.54, 1.807) is 0 Å². The van der Waals surface area contributed by atoms with Gasteiger partial charge < -0.3 is 9.88 Å². The maximum Gasteiger partial charge on any atom is 0.147 e. The summed E-state index contributed by atoms with van der Waals surface area (Å²) in [5, 5.41) is 11.8.